The molecule has 0 spiro atoms. The molecule has 0 N–H and O–H groups in total. The number of rotatable bonds is 6. The number of sulfonamides is 1. The molecule has 2 saturated heterocycles. The number of nitrogens with zero attached hydrogens (tertiary/aromatic N) is 3. The molecule has 0 bridgehead atoms. The van der Waals surface area contributed by atoms with Crippen molar-refractivity contribution in [2.45, 2.75) is 50.0 Å². The zero-order valence-corrected chi connectivity index (χ0v) is 19.8. The molecule has 0 atom stereocenters. The van der Waals surface area contributed by atoms with Crippen LogP contribution in [-0.2, 0) is 16.6 Å². The summed E-state index contributed by atoms with van der Waals surface area (Å²) in [5.41, 5.74) is 2.26. The molecule has 8 heteroatoms. The monoisotopic (exact) mass is 461 g/mol. The van der Waals surface area contributed by atoms with E-state index >= 15 is 0 Å². The first-order chi connectivity index (χ1) is 15.0. The summed E-state index contributed by atoms with van der Waals surface area (Å²) in [7, 11) is -1.89. The minimum absolute atomic E-state index is 0.150. The van der Waals surface area contributed by atoms with Crippen molar-refractivity contribution >= 4 is 33.0 Å². The highest BCUT2D eigenvalue weighted by Gasteiger charge is 2.31. The predicted octanol–water partition coefficient (Wildman–Crippen LogP) is 4.19. The van der Waals surface area contributed by atoms with Crippen LogP contribution in [0.5, 0.6) is 0 Å². The number of thiophene rings is 1. The van der Waals surface area contributed by atoms with E-state index < -0.39 is 10.0 Å². The first-order valence-electron chi connectivity index (χ1n) is 11.1. The summed E-state index contributed by atoms with van der Waals surface area (Å²) in [4.78, 5) is 17.6. The van der Waals surface area contributed by atoms with Crippen molar-refractivity contribution in [2.24, 2.45) is 0 Å². The van der Waals surface area contributed by atoms with Crippen molar-refractivity contribution < 1.29 is 13.2 Å². The van der Waals surface area contributed by atoms with Gasteiger partial charge in [-0.3, -0.25) is 4.79 Å². The van der Waals surface area contributed by atoms with Gasteiger partial charge in [-0.1, -0.05) is 18.6 Å². The summed E-state index contributed by atoms with van der Waals surface area (Å²) >= 11 is 1.20. The smallest absolute Gasteiger partial charge is 0.265 e. The molecule has 2 fully saturated rings. The van der Waals surface area contributed by atoms with Crippen LogP contribution in [0.1, 0.15) is 53.8 Å². The van der Waals surface area contributed by atoms with Crippen LogP contribution in [0.15, 0.2) is 40.6 Å². The first kappa shape index (κ1) is 22.3. The van der Waals surface area contributed by atoms with Crippen molar-refractivity contribution in [3.8, 4) is 0 Å². The Bertz CT molecular complexity index is 989. The fourth-order valence-corrected chi connectivity index (χ4v) is 7.29. The average molecular weight is 462 g/mol. The maximum Gasteiger partial charge on any atom is 0.265 e. The van der Waals surface area contributed by atoms with Crippen LogP contribution in [0.2, 0.25) is 0 Å². The summed E-state index contributed by atoms with van der Waals surface area (Å²) in [5, 5.41) is 1.70. The van der Waals surface area contributed by atoms with E-state index in [0.717, 1.165) is 37.9 Å². The van der Waals surface area contributed by atoms with Gasteiger partial charge >= 0.3 is 0 Å². The van der Waals surface area contributed by atoms with Gasteiger partial charge in [-0.15, -0.1) is 11.3 Å². The van der Waals surface area contributed by atoms with Crippen LogP contribution in [0.4, 0.5) is 5.69 Å². The lowest BCUT2D eigenvalue weighted by atomic mass is 10.1. The number of hydrogen-bond donors (Lipinski definition) is 0. The lowest BCUT2D eigenvalue weighted by Gasteiger charge is -2.29. The molecule has 1 aromatic carbocycles. The van der Waals surface area contributed by atoms with Gasteiger partial charge in [-0.05, 0) is 61.2 Å². The molecule has 31 heavy (non-hydrogen) atoms. The van der Waals surface area contributed by atoms with Gasteiger partial charge in [0.25, 0.3) is 5.91 Å². The first-order valence-corrected chi connectivity index (χ1v) is 13.5. The summed E-state index contributed by atoms with van der Waals surface area (Å²) in [6, 6.07) is 9.94. The van der Waals surface area contributed by atoms with E-state index in [1.54, 1.807) is 23.4 Å². The van der Waals surface area contributed by atoms with E-state index in [-0.39, 0.29) is 10.8 Å². The van der Waals surface area contributed by atoms with Crippen molar-refractivity contribution in [3.05, 3.63) is 46.2 Å². The van der Waals surface area contributed by atoms with Crippen LogP contribution in [0.3, 0.4) is 0 Å². The third kappa shape index (κ3) is 4.96. The van der Waals surface area contributed by atoms with E-state index in [4.69, 9.17) is 0 Å². The number of hydrogen-bond acceptors (Lipinski definition) is 5. The second kappa shape index (κ2) is 9.71. The van der Waals surface area contributed by atoms with Crippen LogP contribution in [0, 0.1) is 0 Å². The zero-order chi connectivity index (χ0) is 21.8. The second-order valence-corrected chi connectivity index (χ2v) is 11.3. The molecule has 6 nitrogen and oxygen atoms in total. The van der Waals surface area contributed by atoms with E-state index in [9.17, 15) is 13.2 Å². The molecule has 168 valence electrons. The topological polar surface area (TPSA) is 60.9 Å². The van der Waals surface area contributed by atoms with Crippen molar-refractivity contribution in [3.63, 3.8) is 0 Å². The van der Waals surface area contributed by atoms with Crippen LogP contribution in [0.25, 0.3) is 0 Å². The van der Waals surface area contributed by atoms with Gasteiger partial charge < -0.3 is 9.80 Å². The number of anilines is 1. The van der Waals surface area contributed by atoms with Gasteiger partial charge in [0, 0.05) is 45.5 Å². The SMILES string of the molecule is CN(Cc1ccc(N2CCCCC2)cc1)C(=O)c1sccc1S(=O)(=O)N1CCCCC1. The number of piperidine rings is 2. The van der Waals surface area contributed by atoms with Gasteiger partial charge in [0.1, 0.15) is 9.77 Å². The Morgan fingerprint density at radius 3 is 2.19 bits per heavy atom. The van der Waals surface area contributed by atoms with Crippen LogP contribution < -0.4 is 4.90 Å². The molecule has 3 heterocycles. The Morgan fingerprint density at radius 1 is 0.935 bits per heavy atom. The Hall–Kier alpha value is -1.90. The number of benzene rings is 1. The molecule has 0 aliphatic carbocycles. The maximum atomic E-state index is 13.1. The van der Waals surface area contributed by atoms with Gasteiger partial charge in [-0.2, -0.15) is 4.31 Å². The average Bonchev–Trinajstić information content (AvgIpc) is 3.31. The maximum absolute atomic E-state index is 13.1. The standard InChI is InChI=1S/C23H31N3O3S2/c1-24(18-19-8-10-20(11-9-19)25-13-4-2-5-14-25)23(27)22-21(12-17-30-22)31(28,29)26-15-6-3-7-16-26/h8-12,17H,2-7,13-16,18H2,1H3. The molecule has 1 aromatic heterocycles. The van der Waals surface area contributed by atoms with Crippen molar-refractivity contribution in [1.82, 2.24) is 9.21 Å². The van der Waals surface area contributed by atoms with Crippen LogP contribution in [-0.4, -0.2) is 56.8 Å². The molecule has 2 aliphatic heterocycles. The number of amides is 1. The fraction of sp³-hybridized carbons (Fsp3) is 0.522. The molecule has 0 saturated carbocycles. The normalized spacial score (nSPS) is 18.2. The quantitative estimate of drug-likeness (QED) is 0.647. The van der Waals surface area contributed by atoms with Crippen LogP contribution >= 0.6 is 11.3 Å². The lowest BCUT2D eigenvalue weighted by Crippen LogP contribution is -2.36. The zero-order valence-electron chi connectivity index (χ0n) is 18.1. The predicted molar refractivity (Wildman–Crippen MR) is 125 cm³/mol. The van der Waals surface area contributed by atoms with E-state index in [1.165, 1.54) is 40.6 Å². The van der Waals surface area contributed by atoms with Crippen molar-refractivity contribution in [2.75, 3.05) is 38.1 Å². The molecule has 1 amide bonds. The summed E-state index contributed by atoms with van der Waals surface area (Å²) in [6.07, 6.45) is 6.59. The third-order valence-corrected chi connectivity index (χ3v) is 9.15. The largest absolute Gasteiger partial charge is 0.372 e. The molecule has 2 aliphatic rings. The molecule has 0 radical (unpaired) electrons. The van der Waals surface area contributed by atoms with E-state index in [1.807, 2.05) is 0 Å². The highest BCUT2D eigenvalue weighted by molar-refractivity contribution is 7.89. The minimum atomic E-state index is -3.63. The van der Waals surface area contributed by atoms with Gasteiger partial charge in [-0.25, -0.2) is 8.42 Å². The van der Waals surface area contributed by atoms with Gasteiger partial charge in [0.15, 0.2) is 0 Å². The Labute approximate surface area is 189 Å². The molecular formula is C23H31N3O3S2. The van der Waals surface area contributed by atoms with E-state index in [0.29, 0.717) is 24.5 Å². The Kier molecular flexibility index (Phi) is 6.99. The number of carbonyl (C=O) groups is 1. The summed E-state index contributed by atoms with van der Waals surface area (Å²) in [6.45, 7) is 3.71. The summed E-state index contributed by atoms with van der Waals surface area (Å²) < 4.78 is 27.7. The molecule has 4 rings (SSSR count). The second-order valence-electron chi connectivity index (χ2n) is 8.45. The van der Waals surface area contributed by atoms with E-state index in [2.05, 4.69) is 29.2 Å². The fourth-order valence-electron chi connectivity index (χ4n) is 4.38. The number of carbonyl (C=O) groups excluding carboxylic acids is 1. The van der Waals surface area contributed by atoms with Crippen molar-refractivity contribution in [1.29, 1.82) is 0 Å². The highest BCUT2D eigenvalue weighted by atomic mass is 32.2. The lowest BCUT2D eigenvalue weighted by molar-refractivity contribution is 0.0786. The highest BCUT2D eigenvalue weighted by Crippen LogP contribution is 2.29. The molecule has 0 unspecified atom stereocenters. The van der Waals surface area contributed by atoms with Gasteiger partial charge in [0.2, 0.25) is 10.0 Å². The molecular weight excluding hydrogens is 430 g/mol. The molecule has 2 aromatic rings. The Balaban J connectivity index is 1.45. The van der Waals surface area contributed by atoms with Gasteiger partial charge in [0.05, 0.1) is 0 Å². The third-order valence-electron chi connectivity index (χ3n) is 6.18. The Morgan fingerprint density at radius 2 is 1.55 bits per heavy atom. The summed E-state index contributed by atoms with van der Waals surface area (Å²) in [5.74, 6) is -0.245. The minimum Gasteiger partial charge on any atom is -0.372 e.